The molecule has 6 nitrogen and oxygen atoms in total. The van der Waals surface area contributed by atoms with Crippen molar-refractivity contribution in [3.63, 3.8) is 0 Å². The van der Waals surface area contributed by atoms with Gasteiger partial charge < -0.3 is 15.4 Å². The summed E-state index contributed by atoms with van der Waals surface area (Å²) in [7, 11) is 0. The monoisotopic (exact) mass is 383 g/mol. The maximum absolute atomic E-state index is 12.2. The molecule has 0 aromatic heterocycles. The largest absolute Gasteiger partial charge is 0.435 e. The zero-order valence-corrected chi connectivity index (χ0v) is 15.5. The molecule has 1 aliphatic rings. The molecule has 2 rings (SSSR count). The quantitative estimate of drug-likeness (QED) is 0.688. The fourth-order valence-corrected chi connectivity index (χ4v) is 3.16. The number of hydrogen-bond donors (Lipinski definition) is 2. The lowest BCUT2D eigenvalue weighted by Crippen LogP contribution is -2.43. The summed E-state index contributed by atoms with van der Waals surface area (Å²) in [5.74, 6) is 0.310. The number of halogens is 2. The second-order valence-corrected chi connectivity index (χ2v) is 6.75. The maximum Gasteiger partial charge on any atom is 0.387 e. The molecule has 1 atom stereocenters. The predicted octanol–water partition coefficient (Wildman–Crippen LogP) is 2.85. The molecule has 2 amide bonds. The highest BCUT2D eigenvalue weighted by Crippen LogP contribution is 2.19. The molecule has 0 spiro atoms. The zero-order valence-electron chi connectivity index (χ0n) is 15.5. The summed E-state index contributed by atoms with van der Waals surface area (Å²) in [6, 6.07) is 5.82. The van der Waals surface area contributed by atoms with E-state index in [4.69, 9.17) is 0 Å². The van der Waals surface area contributed by atoms with E-state index in [9.17, 15) is 18.4 Å². The number of amides is 2. The van der Waals surface area contributed by atoms with Crippen LogP contribution in [0.15, 0.2) is 24.3 Å². The average molecular weight is 383 g/mol. The van der Waals surface area contributed by atoms with Gasteiger partial charge in [-0.15, -0.1) is 0 Å². The van der Waals surface area contributed by atoms with Crippen LogP contribution in [0.25, 0.3) is 0 Å². The minimum atomic E-state index is -2.87. The minimum Gasteiger partial charge on any atom is -0.435 e. The molecule has 1 aromatic carbocycles. The van der Waals surface area contributed by atoms with Crippen molar-refractivity contribution in [1.29, 1.82) is 0 Å². The molecule has 2 N–H and O–H groups in total. The number of piperidine rings is 1. The van der Waals surface area contributed by atoms with E-state index in [0.29, 0.717) is 24.6 Å². The number of carbonyl (C=O) groups is 2. The van der Waals surface area contributed by atoms with Crippen LogP contribution in [0.1, 0.15) is 32.6 Å². The molecule has 0 bridgehead atoms. The lowest BCUT2D eigenvalue weighted by molar-refractivity contribution is -0.121. The second-order valence-electron chi connectivity index (χ2n) is 6.75. The average Bonchev–Trinajstić information content (AvgIpc) is 2.62. The Morgan fingerprint density at radius 2 is 2.00 bits per heavy atom. The Labute approximate surface area is 158 Å². The minimum absolute atomic E-state index is 0.0481. The molecule has 1 saturated heterocycles. The highest BCUT2D eigenvalue weighted by Gasteiger charge is 2.22. The fraction of sp³-hybridized carbons (Fsp3) is 0.579. The number of ether oxygens (including phenoxy) is 1. The second kappa shape index (κ2) is 10.8. The van der Waals surface area contributed by atoms with Gasteiger partial charge in [-0.1, -0.05) is 6.92 Å². The Kier molecular flexibility index (Phi) is 8.44. The Hall–Kier alpha value is -2.22. The van der Waals surface area contributed by atoms with Crippen LogP contribution in [-0.2, 0) is 9.59 Å². The van der Waals surface area contributed by atoms with E-state index >= 15 is 0 Å². The van der Waals surface area contributed by atoms with Gasteiger partial charge in [-0.3, -0.25) is 14.5 Å². The van der Waals surface area contributed by atoms with Crippen LogP contribution in [0.2, 0.25) is 0 Å². The van der Waals surface area contributed by atoms with Crippen LogP contribution in [0.5, 0.6) is 5.75 Å². The molecule has 0 radical (unpaired) electrons. The van der Waals surface area contributed by atoms with E-state index in [2.05, 4.69) is 20.3 Å². The summed E-state index contributed by atoms with van der Waals surface area (Å²) in [4.78, 5) is 25.9. The third-order valence-electron chi connectivity index (χ3n) is 4.40. The van der Waals surface area contributed by atoms with E-state index in [1.165, 1.54) is 24.3 Å². The third-order valence-corrected chi connectivity index (χ3v) is 4.40. The van der Waals surface area contributed by atoms with Crippen molar-refractivity contribution in [2.75, 3.05) is 31.5 Å². The third kappa shape index (κ3) is 7.90. The van der Waals surface area contributed by atoms with E-state index in [-0.39, 0.29) is 24.1 Å². The highest BCUT2D eigenvalue weighted by molar-refractivity contribution is 5.92. The van der Waals surface area contributed by atoms with Gasteiger partial charge in [-0.2, -0.15) is 8.78 Å². The van der Waals surface area contributed by atoms with Gasteiger partial charge in [0.25, 0.3) is 0 Å². The van der Waals surface area contributed by atoms with Crippen molar-refractivity contribution < 1.29 is 23.1 Å². The van der Waals surface area contributed by atoms with Crippen molar-refractivity contribution >= 4 is 17.5 Å². The molecule has 0 saturated carbocycles. The Morgan fingerprint density at radius 3 is 2.67 bits per heavy atom. The first-order chi connectivity index (χ1) is 13.0. The SMILES string of the molecule is CCCC(=O)NCC1CCCN(CC(=O)Nc2ccc(OC(F)F)cc2)C1. The number of alkyl halides is 2. The number of nitrogens with one attached hydrogen (secondary N) is 2. The summed E-state index contributed by atoms with van der Waals surface area (Å²) in [5, 5.41) is 5.71. The van der Waals surface area contributed by atoms with E-state index < -0.39 is 6.61 Å². The highest BCUT2D eigenvalue weighted by atomic mass is 19.3. The number of carbonyl (C=O) groups excluding carboxylic acids is 2. The number of nitrogens with zero attached hydrogens (tertiary/aromatic N) is 1. The first-order valence-electron chi connectivity index (χ1n) is 9.30. The summed E-state index contributed by atoms with van der Waals surface area (Å²) in [5.41, 5.74) is 0.530. The van der Waals surface area contributed by atoms with Crippen LogP contribution in [-0.4, -0.2) is 49.5 Å². The summed E-state index contributed by atoms with van der Waals surface area (Å²) in [6.45, 7) is 1.61. The van der Waals surface area contributed by atoms with Crippen molar-refractivity contribution in [3.05, 3.63) is 24.3 Å². The van der Waals surface area contributed by atoms with Crippen LogP contribution in [0, 0.1) is 5.92 Å². The normalized spacial score (nSPS) is 17.6. The summed E-state index contributed by atoms with van der Waals surface area (Å²) >= 11 is 0. The molecule has 1 aliphatic heterocycles. The van der Waals surface area contributed by atoms with Crippen molar-refractivity contribution in [1.82, 2.24) is 10.2 Å². The van der Waals surface area contributed by atoms with Gasteiger partial charge in [0.15, 0.2) is 0 Å². The molecule has 1 unspecified atom stereocenters. The van der Waals surface area contributed by atoms with Gasteiger partial charge in [0.1, 0.15) is 5.75 Å². The van der Waals surface area contributed by atoms with Gasteiger partial charge in [0.05, 0.1) is 6.54 Å². The van der Waals surface area contributed by atoms with Crippen LogP contribution < -0.4 is 15.4 Å². The van der Waals surface area contributed by atoms with Crippen LogP contribution in [0.3, 0.4) is 0 Å². The number of benzene rings is 1. The van der Waals surface area contributed by atoms with Crippen molar-refractivity contribution in [2.45, 2.75) is 39.2 Å². The standard InChI is InChI=1S/C19H27F2N3O3/c1-2-4-17(25)22-11-14-5-3-10-24(12-14)13-18(26)23-15-6-8-16(9-7-15)27-19(20)21/h6-9,14,19H,2-5,10-13H2,1H3,(H,22,25)(H,23,26). The fourth-order valence-electron chi connectivity index (χ4n) is 3.16. The van der Waals surface area contributed by atoms with Gasteiger partial charge in [0.2, 0.25) is 11.8 Å². The molecular weight excluding hydrogens is 356 g/mol. The first-order valence-corrected chi connectivity index (χ1v) is 9.30. The van der Waals surface area contributed by atoms with Gasteiger partial charge in [-0.05, 0) is 56.0 Å². The topological polar surface area (TPSA) is 70.7 Å². The molecule has 1 fully saturated rings. The molecule has 0 aliphatic carbocycles. The smallest absolute Gasteiger partial charge is 0.387 e. The summed E-state index contributed by atoms with van der Waals surface area (Å²) in [6.07, 6.45) is 3.40. The number of anilines is 1. The molecular formula is C19H27F2N3O3. The Morgan fingerprint density at radius 1 is 1.26 bits per heavy atom. The van der Waals surface area contributed by atoms with Crippen molar-refractivity contribution in [3.8, 4) is 5.75 Å². The molecule has 1 heterocycles. The number of hydrogen-bond acceptors (Lipinski definition) is 4. The molecule has 8 heteroatoms. The molecule has 150 valence electrons. The summed E-state index contributed by atoms with van der Waals surface area (Å²) < 4.78 is 28.6. The number of likely N-dealkylation sites (tertiary alicyclic amines) is 1. The number of rotatable bonds is 9. The first kappa shape index (κ1) is 21.1. The van der Waals surface area contributed by atoms with Gasteiger partial charge in [-0.25, -0.2) is 0 Å². The molecule has 1 aromatic rings. The predicted molar refractivity (Wildman–Crippen MR) is 98.8 cm³/mol. The Balaban J connectivity index is 1.75. The lowest BCUT2D eigenvalue weighted by Gasteiger charge is -2.32. The van der Waals surface area contributed by atoms with E-state index in [1.54, 1.807) is 0 Å². The van der Waals surface area contributed by atoms with Crippen LogP contribution >= 0.6 is 0 Å². The maximum atomic E-state index is 12.2. The van der Waals surface area contributed by atoms with E-state index in [0.717, 1.165) is 32.4 Å². The lowest BCUT2D eigenvalue weighted by atomic mass is 9.98. The zero-order chi connectivity index (χ0) is 19.6. The van der Waals surface area contributed by atoms with Gasteiger partial charge >= 0.3 is 6.61 Å². The van der Waals surface area contributed by atoms with Crippen LogP contribution in [0.4, 0.5) is 14.5 Å². The van der Waals surface area contributed by atoms with E-state index in [1.807, 2.05) is 6.92 Å². The van der Waals surface area contributed by atoms with Crippen molar-refractivity contribution in [2.24, 2.45) is 5.92 Å². The molecule has 27 heavy (non-hydrogen) atoms. The van der Waals surface area contributed by atoms with Gasteiger partial charge in [0, 0.05) is 25.2 Å². The Bertz CT molecular complexity index is 611.